The lowest BCUT2D eigenvalue weighted by Gasteiger charge is -2.31. The fourth-order valence-electron chi connectivity index (χ4n) is 2.49. The van der Waals surface area contributed by atoms with Crippen molar-refractivity contribution in [2.45, 2.75) is 24.7 Å². The van der Waals surface area contributed by atoms with Gasteiger partial charge in [-0.15, -0.1) is 11.8 Å². The van der Waals surface area contributed by atoms with E-state index in [0.717, 1.165) is 16.9 Å². The molecule has 1 fully saturated rings. The van der Waals surface area contributed by atoms with Crippen molar-refractivity contribution < 1.29 is 14.7 Å². The molecule has 1 saturated heterocycles. The van der Waals surface area contributed by atoms with Crippen LogP contribution in [-0.4, -0.2) is 41.2 Å². The fraction of sp³-hybridized carbons (Fsp3) is 0.467. The number of hydrogen-bond acceptors (Lipinski definition) is 3. The van der Waals surface area contributed by atoms with E-state index in [-0.39, 0.29) is 5.91 Å². The van der Waals surface area contributed by atoms with E-state index < -0.39 is 11.9 Å². The van der Waals surface area contributed by atoms with Gasteiger partial charge in [0.1, 0.15) is 0 Å². The molecule has 2 rings (SSSR count). The molecule has 5 heteroatoms. The van der Waals surface area contributed by atoms with Crippen LogP contribution >= 0.6 is 11.8 Å². The Labute approximate surface area is 123 Å². The molecule has 0 unspecified atom stereocenters. The zero-order valence-corrected chi connectivity index (χ0v) is 12.6. The Morgan fingerprint density at radius 2 is 2.15 bits per heavy atom. The molecule has 4 nitrogen and oxygen atoms in total. The number of carbonyl (C=O) groups excluding carboxylic acids is 1. The number of aryl methyl sites for hydroxylation is 1. The largest absolute Gasteiger partial charge is 0.481 e. The molecule has 1 N–H and O–H groups in total. The number of carbonyl (C=O) groups is 2. The van der Waals surface area contributed by atoms with E-state index in [1.54, 1.807) is 16.7 Å². The van der Waals surface area contributed by atoms with E-state index in [0.29, 0.717) is 25.1 Å². The van der Waals surface area contributed by atoms with Crippen LogP contribution in [0.4, 0.5) is 0 Å². The third-order valence-corrected chi connectivity index (χ3v) is 4.46. The highest BCUT2D eigenvalue weighted by Gasteiger charge is 2.29. The summed E-state index contributed by atoms with van der Waals surface area (Å²) < 4.78 is 0. The van der Waals surface area contributed by atoms with Crippen LogP contribution in [0, 0.1) is 12.8 Å². The first-order chi connectivity index (χ1) is 9.52. The van der Waals surface area contributed by atoms with Crippen molar-refractivity contribution in [1.82, 2.24) is 4.90 Å². The predicted molar refractivity (Wildman–Crippen MR) is 79.2 cm³/mol. The summed E-state index contributed by atoms with van der Waals surface area (Å²) in [6.45, 7) is 2.87. The number of likely N-dealkylation sites (tertiary alicyclic amines) is 1. The van der Waals surface area contributed by atoms with Crippen molar-refractivity contribution in [2.24, 2.45) is 5.92 Å². The van der Waals surface area contributed by atoms with Crippen molar-refractivity contribution in [1.29, 1.82) is 0 Å². The molecule has 1 heterocycles. The summed E-state index contributed by atoms with van der Waals surface area (Å²) in [5.41, 5.74) is 1.62. The van der Waals surface area contributed by atoms with Crippen LogP contribution in [0.2, 0.25) is 0 Å². The maximum Gasteiger partial charge on any atom is 0.308 e. The van der Waals surface area contributed by atoms with Gasteiger partial charge in [-0.2, -0.15) is 0 Å². The molecule has 0 aliphatic carbocycles. The number of aliphatic carboxylic acids is 1. The van der Waals surface area contributed by atoms with Crippen molar-refractivity contribution in [3.05, 3.63) is 29.3 Å². The van der Waals surface area contributed by atoms with Crippen molar-refractivity contribution in [3.8, 4) is 0 Å². The maximum absolute atomic E-state index is 12.6. The van der Waals surface area contributed by atoms with E-state index in [1.807, 2.05) is 31.4 Å². The maximum atomic E-state index is 12.6. The van der Waals surface area contributed by atoms with Crippen LogP contribution in [0.3, 0.4) is 0 Å². The van der Waals surface area contributed by atoms with Crippen LogP contribution in [0.25, 0.3) is 0 Å². The molecule has 20 heavy (non-hydrogen) atoms. The van der Waals surface area contributed by atoms with E-state index in [4.69, 9.17) is 5.11 Å². The third-order valence-electron chi connectivity index (χ3n) is 3.73. The number of carboxylic acids is 1. The molecule has 1 atom stereocenters. The molecule has 1 aliphatic heterocycles. The molecule has 1 aromatic rings. The van der Waals surface area contributed by atoms with Crippen LogP contribution in [0.5, 0.6) is 0 Å². The smallest absolute Gasteiger partial charge is 0.308 e. The highest BCUT2D eigenvalue weighted by atomic mass is 32.2. The number of nitrogens with zero attached hydrogens (tertiary/aromatic N) is 1. The molecule has 0 radical (unpaired) electrons. The molecule has 108 valence electrons. The van der Waals surface area contributed by atoms with Gasteiger partial charge >= 0.3 is 5.97 Å². The van der Waals surface area contributed by atoms with Gasteiger partial charge in [-0.1, -0.05) is 6.07 Å². The Bertz CT molecular complexity index is 530. The van der Waals surface area contributed by atoms with Gasteiger partial charge < -0.3 is 10.0 Å². The summed E-state index contributed by atoms with van der Waals surface area (Å²) in [5, 5.41) is 9.10. The topological polar surface area (TPSA) is 57.6 Å². The second-order valence-electron chi connectivity index (χ2n) is 5.11. The molecule has 1 aromatic carbocycles. The van der Waals surface area contributed by atoms with Crippen LogP contribution in [0.15, 0.2) is 23.1 Å². The number of benzene rings is 1. The number of hydrogen-bond donors (Lipinski definition) is 1. The van der Waals surface area contributed by atoms with Gasteiger partial charge in [0.15, 0.2) is 0 Å². The van der Waals surface area contributed by atoms with Gasteiger partial charge in [0.2, 0.25) is 0 Å². The highest BCUT2D eigenvalue weighted by molar-refractivity contribution is 7.98. The zero-order chi connectivity index (χ0) is 14.7. The first-order valence-electron chi connectivity index (χ1n) is 6.69. The monoisotopic (exact) mass is 293 g/mol. The quantitative estimate of drug-likeness (QED) is 0.870. The van der Waals surface area contributed by atoms with E-state index in [9.17, 15) is 9.59 Å². The van der Waals surface area contributed by atoms with Gasteiger partial charge in [-0.05, 0) is 43.7 Å². The molecule has 0 saturated carbocycles. The second-order valence-corrected chi connectivity index (χ2v) is 5.99. The van der Waals surface area contributed by atoms with Crippen LogP contribution in [0.1, 0.15) is 28.8 Å². The normalized spacial score (nSPS) is 18.9. The molecule has 0 bridgehead atoms. The molecule has 0 spiro atoms. The third kappa shape index (κ3) is 3.15. The van der Waals surface area contributed by atoms with E-state index in [2.05, 4.69) is 0 Å². The minimum Gasteiger partial charge on any atom is -0.481 e. The van der Waals surface area contributed by atoms with Crippen LogP contribution < -0.4 is 0 Å². The van der Waals surface area contributed by atoms with Crippen molar-refractivity contribution in [2.75, 3.05) is 19.3 Å². The summed E-state index contributed by atoms with van der Waals surface area (Å²) in [6, 6.07) is 5.83. The first kappa shape index (κ1) is 14.9. The Morgan fingerprint density at radius 3 is 2.80 bits per heavy atom. The minimum atomic E-state index is -0.808. The summed E-state index contributed by atoms with van der Waals surface area (Å²) in [5.74, 6) is -1.29. The Balaban J connectivity index is 2.20. The first-order valence-corrected chi connectivity index (χ1v) is 7.92. The Hall–Kier alpha value is -1.49. The van der Waals surface area contributed by atoms with Gasteiger partial charge in [0.05, 0.1) is 5.92 Å². The van der Waals surface area contributed by atoms with E-state index in [1.165, 1.54) is 0 Å². The zero-order valence-electron chi connectivity index (χ0n) is 11.8. The molecule has 1 aliphatic rings. The fourth-order valence-corrected chi connectivity index (χ4v) is 2.93. The number of piperidine rings is 1. The van der Waals surface area contributed by atoms with Gasteiger partial charge in [0.25, 0.3) is 5.91 Å². The standard InChI is InChI=1S/C15H19NO3S/c1-10-5-6-12(20-2)8-13(10)14(17)16-7-3-4-11(9-16)15(18)19/h5-6,8,11H,3-4,7,9H2,1-2H3,(H,18,19)/t11-/m0/s1. The van der Waals surface area contributed by atoms with Gasteiger partial charge in [-0.25, -0.2) is 0 Å². The van der Waals surface area contributed by atoms with Gasteiger partial charge in [0, 0.05) is 23.5 Å². The number of amides is 1. The van der Waals surface area contributed by atoms with Crippen molar-refractivity contribution >= 4 is 23.6 Å². The molecule has 1 amide bonds. The minimum absolute atomic E-state index is 0.0515. The lowest BCUT2D eigenvalue weighted by atomic mass is 9.97. The number of rotatable bonds is 3. The summed E-state index contributed by atoms with van der Waals surface area (Å²) in [6.07, 6.45) is 3.38. The highest BCUT2D eigenvalue weighted by Crippen LogP contribution is 2.23. The molecular weight excluding hydrogens is 274 g/mol. The predicted octanol–water partition coefficient (Wildman–Crippen LogP) is 2.65. The van der Waals surface area contributed by atoms with Crippen LogP contribution in [-0.2, 0) is 4.79 Å². The number of thioether (sulfide) groups is 1. The summed E-state index contributed by atoms with van der Waals surface area (Å²) >= 11 is 1.60. The van der Waals surface area contributed by atoms with Gasteiger partial charge in [-0.3, -0.25) is 9.59 Å². The summed E-state index contributed by atoms with van der Waals surface area (Å²) in [7, 11) is 0. The SMILES string of the molecule is CSc1ccc(C)c(C(=O)N2CCC[C@H](C(=O)O)C2)c1. The summed E-state index contributed by atoms with van der Waals surface area (Å²) in [4.78, 5) is 26.4. The Morgan fingerprint density at radius 1 is 1.40 bits per heavy atom. The van der Waals surface area contributed by atoms with E-state index >= 15 is 0 Å². The average molecular weight is 293 g/mol. The van der Waals surface area contributed by atoms with Crippen molar-refractivity contribution in [3.63, 3.8) is 0 Å². The lowest BCUT2D eigenvalue weighted by molar-refractivity contribution is -0.143. The average Bonchev–Trinajstić information content (AvgIpc) is 2.47. The Kier molecular flexibility index (Phi) is 4.70. The number of carboxylic acid groups (broad SMARTS) is 1. The second kappa shape index (κ2) is 6.31. The lowest BCUT2D eigenvalue weighted by Crippen LogP contribution is -2.42. The molecule has 0 aromatic heterocycles. The molecular formula is C15H19NO3S.